The molecule has 0 bridgehead atoms. The Hall–Kier alpha value is -0.800. The van der Waals surface area contributed by atoms with E-state index in [2.05, 4.69) is 32.7 Å². The molecule has 136 valence electrons. The summed E-state index contributed by atoms with van der Waals surface area (Å²) in [5.74, 6) is 1.96. The van der Waals surface area contributed by atoms with Gasteiger partial charge in [0.2, 0.25) is 0 Å². The molecule has 0 aromatic rings. The third-order valence-corrected chi connectivity index (χ3v) is 3.99. The number of hydrogen-bond donors (Lipinski definition) is 0. The van der Waals surface area contributed by atoms with Crippen LogP contribution >= 0.6 is 0 Å². The summed E-state index contributed by atoms with van der Waals surface area (Å²) in [5.41, 5.74) is 0.152. The van der Waals surface area contributed by atoms with E-state index < -0.39 is 11.9 Å². The molecule has 1 rings (SSSR count). The predicted molar refractivity (Wildman–Crippen MR) is 94.0 cm³/mol. The van der Waals surface area contributed by atoms with Crippen LogP contribution < -0.4 is 0 Å². The number of hydrogen-bond acceptors (Lipinski definition) is 1. The fraction of sp³-hybridized carbons (Fsp3) is 0.842. The minimum Gasteiger partial charge on any atom is -0.284 e. The molecule has 1 aliphatic rings. The lowest BCUT2D eigenvalue weighted by Gasteiger charge is -2.30. The van der Waals surface area contributed by atoms with Gasteiger partial charge in [0.15, 0.2) is 0 Å². The molecule has 23 heavy (non-hydrogen) atoms. The molecule has 0 spiro atoms. The number of aliphatic imine (C=N–C) groups is 1. The second kappa shape index (κ2) is 10.1. The smallest absolute Gasteiger partial charge is 0.284 e. The summed E-state index contributed by atoms with van der Waals surface area (Å²) in [4.78, 5) is 3.41. The van der Waals surface area contributed by atoms with E-state index in [9.17, 15) is 13.2 Å². The van der Waals surface area contributed by atoms with Crippen molar-refractivity contribution in [3.63, 3.8) is 0 Å². The zero-order valence-electron chi connectivity index (χ0n) is 15.8. The molecule has 0 heterocycles. The second-order valence-corrected chi connectivity index (χ2v) is 7.59. The average molecular weight is 333 g/mol. The van der Waals surface area contributed by atoms with Gasteiger partial charge in [-0.1, -0.05) is 60.0 Å². The molecule has 0 N–H and O–H groups in total. The zero-order chi connectivity index (χ0) is 18.2. The van der Waals surface area contributed by atoms with Gasteiger partial charge in [-0.15, -0.1) is 0 Å². The molecule has 1 aliphatic carbocycles. The molecule has 0 amide bonds. The lowest BCUT2D eigenvalue weighted by atomic mass is 9.76. The van der Waals surface area contributed by atoms with E-state index in [1.54, 1.807) is 0 Å². The molecule has 0 unspecified atom stereocenters. The summed E-state index contributed by atoms with van der Waals surface area (Å²) < 4.78 is 38.4. The van der Waals surface area contributed by atoms with Crippen LogP contribution in [0, 0.1) is 23.7 Å². The van der Waals surface area contributed by atoms with Crippen molar-refractivity contribution in [1.82, 2.24) is 0 Å². The van der Waals surface area contributed by atoms with E-state index in [1.807, 2.05) is 13.8 Å². The van der Waals surface area contributed by atoms with Crippen LogP contribution in [-0.4, -0.2) is 18.9 Å². The Balaban J connectivity index is 0.00000108. The van der Waals surface area contributed by atoms with Crippen molar-refractivity contribution in [1.29, 1.82) is 0 Å². The highest BCUT2D eigenvalue weighted by atomic mass is 19.4. The summed E-state index contributed by atoms with van der Waals surface area (Å²) in [5, 5.41) is 0. The highest BCUT2D eigenvalue weighted by molar-refractivity contribution is 5.99. The first-order valence-electron chi connectivity index (χ1n) is 8.74. The van der Waals surface area contributed by atoms with Gasteiger partial charge in [-0.2, -0.15) is 13.2 Å². The van der Waals surface area contributed by atoms with Crippen LogP contribution in [0.2, 0.25) is 0 Å². The molecule has 1 saturated carbocycles. The van der Waals surface area contributed by atoms with Gasteiger partial charge in [-0.3, -0.25) is 4.99 Å². The maximum atomic E-state index is 12.8. The standard InChI is InChI=1S/C15H24F3N.C4H10/c1-10(2)13(9-14(19-4)15(16,17)18)12-7-5-11(3)6-8-12;1-4(2)3/h9-12H,5-8H2,1-4H3;4H,1-3H3/b13-9+,19-14?;. The molecular weight excluding hydrogens is 299 g/mol. The number of halogens is 3. The van der Waals surface area contributed by atoms with Gasteiger partial charge in [0.05, 0.1) is 0 Å². The zero-order valence-corrected chi connectivity index (χ0v) is 15.8. The quantitative estimate of drug-likeness (QED) is 0.510. The highest BCUT2D eigenvalue weighted by Gasteiger charge is 2.35. The summed E-state index contributed by atoms with van der Waals surface area (Å²) in [6.45, 7) is 12.6. The van der Waals surface area contributed by atoms with E-state index >= 15 is 0 Å². The van der Waals surface area contributed by atoms with Crippen LogP contribution in [0.5, 0.6) is 0 Å². The Morgan fingerprint density at radius 2 is 1.43 bits per heavy atom. The number of nitrogens with zero attached hydrogens (tertiary/aromatic N) is 1. The van der Waals surface area contributed by atoms with Gasteiger partial charge in [-0.25, -0.2) is 0 Å². The fourth-order valence-electron chi connectivity index (χ4n) is 2.78. The Labute approximate surface area is 140 Å². The lowest BCUT2D eigenvalue weighted by molar-refractivity contribution is -0.0578. The lowest BCUT2D eigenvalue weighted by Crippen LogP contribution is -2.24. The molecule has 4 heteroatoms. The third kappa shape index (κ3) is 9.17. The number of allylic oxidation sites excluding steroid dienone is 2. The fourth-order valence-corrected chi connectivity index (χ4v) is 2.78. The number of rotatable bonds is 3. The van der Waals surface area contributed by atoms with Crippen molar-refractivity contribution in [2.45, 2.75) is 73.4 Å². The van der Waals surface area contributed by atoms with Crippen LogP contribution in [0.3, 0.4) is 0 Å². The minimum atomic E-state index is -4.35. The summed E-state index contributed by atoms with van der Waals surface area (Å²) in [6, 6.07) is 0. The van der Waals surface area contributed by atoms with Crippen molar-refractivity contribution in [2.24, 2.45) is 28.7 Å². The SMILES string of the molecule is CC(C)C.CN=C(/C=C(\C(C)C)C1CCC(C)CC1)C(F)(F)F. The highest BCUT2D eigenvalue weighted by Crippen LogP contribution is 2.36. The monoisotopic (exact) mass is 333 g/mol. The van der Waals surface area contributed by atoms with Gasteiger partial charge in [0.1, 0.15) is 5.71 Å². The third-order valence-electron chi connectivity index (χ3n) is 3.99. The van der Waals surface area contributed by atoms with Crippen LogP contribution in [-0.2, 0) is 0 Å². The number of alkyl halides is 3. The summed E-state index contributed by atoms with van der Waals surface area (Å²) in [6.07, 6.45) is 1.15. The predicted octanol–water partition coefficient (Wildman–Crippen LogP) is 6.69. The van der Waals surface area contributed by atoms with E-state index in [0.717, 1.165) is 37.2 Å². The Bertz CT molecular complexity index is 381. The van der Waals surface area contributed by atoms with E-state index in [4.69, 9.17) is 0 Å². The second-order valence-electron chi connectivity index (χ2n) is 7.59. The van der Waals surface area contributed by atoms with E-state index in [0.29, 0.717) is 5.92 Å². The molecule has 0 aliphatic heterocycles. The summed E-state index contributed by atoms with van der Waals surface area (Å²) >= 11 is 0. The maximum Gasteiger partial charge on any atom is 0.432 e. The van der Waals surface area contributed by atoms with Gasteiger partial charge < -0.3 is 0 Å². The van der Waals surface area contributed by atoms with Crippen molar-refractivity contribution in [2.75, 3.05) is 7.05 Å². The molecule has 0 radical (unpaired) electrons. The van der Waals surface area contributed by atoms with Crippen molar-refractivity contribution in [3.8, 4) is 0 Å². The van der Waals surface area contributed by atoms with Gasteiger partial charge >= 0.3 is 6.18 Å². The molecule has 0 aromatic heterocycles. The first-order valence-corrected chi connectivity index (χ1v) is 8.74. The largest absolute Gasteiger partial charge is 0.432 e. The van der Waals surface area contributed by atoms with E-state index in [-0.39, 0.29) is 11.8 Å². The molecule has 0 aromatic carbocycles. The summed E-state index contributed by atoms with van der Waals surface area (Å²) in [7, 11) is 1.21. The van der Waals surface area contributed by atoms with E-state index in [1.165, 1.54) is 13.1 Å². The van der Waals surface area contributed by atoms with Crippen LogP contribution in [0.25, 0.3) is 0 Å². The van der Waals surface area contributed by atoms with Crippen LogP contribution in [0.1, 0.15) is 67.2 Å². The molecule has 0 atom stereocenters. The van der Waals surface area contributed by atoms with Gasteiger partial charge in [0.25, 0.3) is 0 Å². The normalized spacial score (nSPS) is 23.8. The minimum absolute atomic E-state index is 0.137. The maximum absolute atomic E-state index is 12.8. The average Bonchev–Trinajstić information content (AvgIpc) is 2.38. The molecule has 1 fully saturated rings. The van der Waals surface area contributed by atoms with Crippen molar-refractivity contribution >= 4 is 5.71 Å². The van der Waals surface area contributed by atoms with Gasteiger partial charge in [-0.05, 0) is 42.6 Å². The van der Waals surface area contributed by atoms with Crippen molar-refractivity contribution < 1.29 is 13.2 Å². The Kier molecular flexibility index (Phi) is 9.79. The van der Waals surface area contributed by atoms with Crippen LogP contribution in [0.15, 0.2) is 16.6 Å². The first-order chi connectivity index (χ1) is 10.5. The van der Waals surface area contributed by atoms with Crippen LogP contribution in [0.4, 0.5) is 13.2 Å². The topological polar surface area (TPSA) is 12.4 Å². The van der Waals surface area contributed by atoms with Crippen molar-refractivity contribution in [3.05, 3.63) is 11.6 Å². The first kappa shape index (κ1) is 22.2. The Morgan fingerprint density at radius 3 is 1.74 bits per heavy atom. The Morgan fingerprint density at radius 1 is 1.00 bits per heavy atom. The van der Waals surface area contributed by atoms with Gasteiger partial charge in [0, 0.05) is 7.05 Å². The molecular formula is C19H34F3N. The molecule has 1 nitrogen and oxygen atoms in total. The molecule has 0 saturated heterocycles.